The predicted molar refractivity (Wildman–Crippen MR) is 109 cm³/mol. The van der Waals surface area contributed by atoms with Crippen LogP contribution >= 0.6 is 0 Å². The molecule has 2 rings (SSSR count). The fourth-order valence-electron chi connectivity index (χ4n) is 2.47. The van der Waals surface area contributed by atoms with Gasteiger partial charge in [0, 0.05) is 23.8 Å². The van der Waals surface area contributed by atoms with E-state index in [1.165, 1.54) is 48.3 Å². The van der Waals surface area contributed by atoms with Crippen molar-refractivity contribution in [3.05, 3.63) is 59.9 Å². The number of amides is 2. The van der Waals surface area contributed by atoms with Gasteiger partial charge in [0.2, 0.25) is 5.91 Å². The molecule has 0 radical (unpaired) electrons. The molecule has 0 heterocycles. The zero-order chi connectivity index (χ0) is 21.8. The van der Waals surface area contributed by atoms with Crippen LogP contribution in [0.5, 0.6) is 0 Å². The molecular formula is C20H24FN3O4S. The van der Waals surface area contributed by atoms with Crippen molar-refractivity contribution in [1.29, 1.82) is 0 Å². The van der Waals surface area contributed by atoms with E-state index < -0.39 is 27.3 Å². The van der Waals surface area contributed by atoms with Crippen LogP contribution in [0, 0.1) is 5.82 Å². The third-order valence-electron chi connectivity index (χ3n) is 3.75. The zero-order valence-corrected chi connectivity index (χ0v) is 17.5. The number of carbonyl (C=O) groups excluding carboxylic acids is 2. The van der Waals surface area contributed by atoms with E-state index in [9.17, 15) is 22.4 Å². The molecule has 0 aliphatic carbocycles. The number of sulfonamides is 1. The van der Waals surface area contributed by atoms with Crippen LogP contribution in [0.2, 0.25) is 0 Å². The Morgan fingerprint density at radius 1 is 1.00 bits per heavy atom. The molecule has 0 spiro atoms. The first-order valence-corrected chi connectivity index (χ1v) is 10.3. The topological polar surface area (TPSA) is 95.6 Å². The summed E-state index contributed by atoms with van der Waals surface area (Å²) in [5, 5.41) is 2.77. The molecule has 9 heteroatoms. The van der Waals surface area contributed by atoms with Gasteiger partial charge in [-0.3, -0.25) is 14.3 Å². The number of hydrogen-bond donors (Lipinski definition) is 2. The van der Waals surface area contributed by atoms with Crippen LogP contribution in [-0.4, -0.2) is 44.3 Å². The summed E-state index contributed by atoms with van der Waals surface area (Å²) in [4.78, 5) is 25.6. The number of benzene rings is 2. The van der Waals surface area contributed by atoms with Gasteiger partial charge in [0.05, 0.1) is 11.4 Å². The van der Waals surface area contributed by atoms with Gasteiger partial charge in [-0.25, -0.2) is 12.8 Å². The van der Waals surface area contributed by atoms with Crippen molar-refractivity contribution in [2.24, 2.45) is 0 Å². The van der Waals surface area contributed by atoms with Crippen molar-refractivity contribution in [3.63, 3.8) is 0 Å². The fourth-order valence-corrected chi connectivity index (χ4v) is 3.53. The Morgan fingerprint density at radius 2 is 1.55 bits per heavy atom. The quantitative estimate of drug-likeness (QED) is 0.750. The van der Waals surface area contributed by atoms with Gasteiger partial charge in [0.1, 0.15) is 5.82 Å². The highest BCUT2D eigenvalue weighted by Crippen LogP contribution is 2.17. The lowest BCUT2D eigenvalue weighted by molar-refractivity contribution is -0.122. The van der Waals surface area contributed by atoms with E-state index in [4.69, 9.17) is 0 Å². The molecule has 0 saturated heterocycles. The lowest BCUT2D eigenvalue weighted by Gasteiger charge is -2.23. The molecule has 2 aromatic rings. The number of nitrogens with one attached hydrogen (secondary N) is 2. The maximum atomic E-state index is 12.9. The second-order valence-corrected chi connectivity index (χ2v) is 9.28. The minimum atomic E-state index is -3.89. The normalized spacial score (nSPS) is 11.6. The Morgan fingerprint density at radius 3 is 2.07 bits per heavy atom. The van der Waals surface area contributed by atoms with E-state index in [2.05, 4.69) is 10.0 Å². The molecule has 0 aliphatic heterocycles. The number of likely N-dealkylation sites (N-methyl/N-ethyl adjacent to an activating group) is 1. The van der Waals surface area contributed by atoms with Gasteiger partial charge in [-0.1, -0.05) is 0 Å². The van der Waals surface area contributed by atoms with Crippen molar-refractivity contribution in [1.82, 2.24) is 10.2 Å². The molecule has 0 atom stereocenters. The van der Waals surface area contributed by atoms with Crippen LogP contribution in [0.15, 0.2) is 53.4 Å². The lowest BCUT2D eigenvalue weighted by atomic mass is 10.1. The summed E-state index contributed by atoms with van der Waals surface area (Å²) in [6.45, 7) is 5.39. The number of anilines is 1. The highest BCUT2D eigenvalue weighted by Gasteiger charge is 2.20. The maximum absolute atomic E-state index is 12.9. The number of nitrogens with zero attached hydrogens (tertiary/aromatic N) is 1. The zero-order valence-electron chi connectivity index (χ0n) is 16.7. The van der Waals surface area contributed by atoms with Crippen LogP contribution < -0.4 is 10.0 Å². The number of halogens is 1. The molecule has 0 aromatic heterocycles. The van der Waals surface area contributed by atoms with Crippen LogP contribution in [0.3, 0.4) is 0 Å². The second kappa shape index (κ2) is 8.60. The minimum absolute atomic E-state index is 0.0495. The van der Waals surface area contributed by atoms with Crippen molar-refractivity contribution in [2.45, 2.75) is 31.2 Å². The van der Waals surface area contributed by atoms with E-state index >= 15 is 0 Å². The molecule has 0 bridgehead atoms. The molecule has 29 heavy (non-hydrogen) atoms. The van der Waals surface area contributed by atoms with Crippen LogP contribution in [0.25, 0.3) is 0 Å². The van der Waals surface area contributed by atoms with E-state index in [0.717, 1.165) is 12.1 Å². The molecule has 0 aliphatic rings. The highest BCUT2D eigenvalue weighted by molar-refractivity contribution is 7.92. The Labute approximate surface area is 170 Å². The SMILES string of the molecule is CN(CC(=O)NC(C)(C)C)C(=O)c1ccc(S(=O)(=O)Nc2ccc(F)cc2)cc1. The standard InChI is InChI=1S/C20H24FN3O4S/c1-20(2,3)22-18(25)13-24(4)19(26)14-5-11-17(12-6-14)29(27,28)23-16-9-7-15(21)8-10-16/h5-12,23H,13H2,1-4H3,(H,22,25). The highest BCUT2D eigenvalue weighted by atomic mass is 32.2. The molecular weight excluding hydrogens is 397 g/mol. The van der Waals surface area contributed by atoms with Crippen LogP contribution in [0.1, 0.15) is 31.1 Å². The second-order valence-electron chi connectivity index (χ2n) is 7.60. The summed E-state index contributed by atoms with van der Waals surface area (Å²) in [5.41, 5.74) is 0.0575. The Balaban J connectivity index is 2.07. The number of carbonyl (C=O) groups is 2. The smallest absolute Gasteiger partial charge is 0.261 e. The van der Waals surface area contributed by atoms with Crippen molar-refractivity contribution in [2.75, 3.05) is 18.3 Å². The molecule has 0 saturated carbocycles. The summed E-state index contributed by atoms with van der Waals surface area (Å²) >= 11 is 0. The first kappa shape index (κ1) is 22.4. The Kier molecular flexibility index (Phi) is 6.63. The molecule has 7 nitrogen and oxygen atoms in total. The van der Waals surface area contributed by atoms with Gasteiger partial charge in [-0.2, -0.15) is 0 Å². The number of rotatable bonds is 6. The summed E-state index contributed by atoms with van der Waals surface area (Å²) in [7, 11) is -2.40. The number of hydrogen-bond acceptors (Lipinski definition) is 4. The van der Waals surface area contributed by atoms with Crippen LogP contribution in [0.4, 0.5) is 10.1 Å². The van der Waals surface area contributed by atoms with E-state index in [1.807, 2.05) is 20.8 Å². The molecule has 2 aromatic carbocycles. The van der Waals surface area contributed by atoms with Gasteiger partial charge >= 0.3 is 0 Å². The van der Waals surface area contributed by atoms with Crippen molar-refractivity contribution in [3.8, 4) is 0 Å². The van der Waals surface area contributed by atoms with E-state index in [1.54, 1.807) is 0 Å². The van der Waals surface area contributed by atoms with Gasteiger partial charge < -0.3 is 10.2 Å². The summed E-state index contributed by atoms with van der Waals surface area (Å²) in [5.74, 6) is -1.18. The molecule has 156 valence electrons. The minimum Gasteiger partial charge on any atom is -0.350 e. The van der Waals surface area contributed by atoms with E-state index in [0.29, 0.717) is 0 Å². The third kappa shape index (κ3) is 6.56. The molecule has 2 N–H and O–H groups in total. The summed E-state index contributed by atoms with van der Waals surface area (Å²) < 4.78 is 40.1. The first-order valence-electron chi connectivity index (χ1n) is 8.82. The average molecular weight is 421 g/mol. The van der Waals surface area contributed by atoms with Crippen LogP contribution in [-0.2, 0) is 14.8 Å². The van der Waals surface area contributed by atoms with Crippen molar-refractivity contribution < 1.29 is 22.4 Å². The fraction of sp³-hybridized carbons (Fsp3) is 0.300. The Hall–Kier alpha value is -2.94. The molecule has 0 fully saturated rings. The summed E-state index contributed by atoms with van der Waals surface area (Å²) in [6.07, 6.45) is 0. The maximum Gasteiger partial charge on any atom is 0.261 e. The average Bonchev–Trinajstić information content (AvgIpc) is 2.61. The third-order valence-corrected chi connectivity index (χ3v) is 5.15. The first-order chi connectivity index (χ1) is 13.4. The van der Waals surface area contributed by atoms with Gasteiger partial charge in [-0.05, 0) is 69.3 Å². The monoisotopic (exact) mass is 421 g/mol. The predicted octanol–water partition coefficient (Wildman–Crippen LogP) is 2.61. The van der Waals surface area contributed by atoms with Gasteiger partial charge in [0.25, 0.3) is 15.9 Å². The molecule has 0 unspecified atom stereocenters. The lowest BCUT2D eigenvalue weighted by Crippen LogP contribution is -2.46. The largest absolute Gasteiger partial charge is 0.350 e. The van der Waals surface area contributed by atoms with Gasteiger partial charge in [0.15, 0.2) is 0 Å². The van der Waals surface area contributed by atoms with Gasteiger partial charge in [-0.15, -0.1) is 0 Å². The molecule has 2 amide bonds. The summed E-state index contributed by atoms with van der Waals surface area (Å²) in [6, 6.07) is 10.2. The van der Waals surface area contributed by atoms with Crippen molar-refractivity contribution >= 4 is 27.5 Å². The van der Waals surface area contributed by atoms with E-state index in [-0.39, 0.29) is 28.6 Å². The Bertz CT molecular complexity index is 982.